The third kappa shape index (κ3) is 9.23. The van der Waals surface area contributed by atoms with E-state index in [1.165, 1.54) is 19.2 Å². The lowest BCUT2D eigenvalue weighted by Crippen LogP contribution is -2.44. The lowest BCUT2D eigenvalue weighted by atomic mass is 10.2. The molecule has 0 fully saturated rings. The van der Waals surface area contributed by atoms with Gasteiger partial charge in [0.1, 0.15) is 6.04 Å². The molecule has 0 saturated heterocycles. The van der Waals surface area contributed by atoms with Crippen LogP contribution in [0.25, 0.3) is 0 Å². The Balaban J connectivity index is 0. The van der Waals surface area contributed by atoms with Crippen molar-refractivity contribution in [3.8, 4) is 0 Å². The Labute approximate surface area is 172 Å². The number of hydrogen-bond acceptors (Lipinski definition) is 8. The maximum atomic E-state index is 11.9. The predicted molar refractivity (Wildman–Crippen MR) is 101 cm³/mol. The van der Waals surface area contributed by atoms with Crippen LogP contribution in [0.5, 0.6) is 0 Å². The zero-order chi connectivity index (χ0) is 20.3. The first-order valence-corrected chi connectivity index (χ1v) is 7.86. The van der Waals surface area contributed by atoms with Crippen LogP contribution in [0.15, 0.2) is 18.2 Å². The number of rotatable bonds is 6. The smallest absolute Gasteiger partial charge is 0.330 e. The minimum atomic E-state index is -1.16. The molecule has 27 heavy (non-hydrogen) atoms. The number of aliphatic hydroxyl groups is 2. The monoisotopic (exact) mass is 446 g/mol. The highest BCUT2D eigenvalue weighted by molar-refractivity contribution is 6.39. The zero-order valence-corrected chi connectivity index (χ0v) is 16.8. The molecule has 0 aliphatic heterocycles. The van der Waals surface area contributed by atoms with Gasteiger partial charge in [0.2, 0.25) is 0 Å². The second kappa shape index (κ2) is 14.4. The van der Waals surface area contributed by atoms with E-state index in [-0.39, 0.29) is 34.6 Å². The number of carbonyl (C=O) groups is 3. The minimum Gasteiger partial charge on any atom is -0.468 e. The van der Waals surface area contributed by atoms with Gasteiger partial charge in [-0.05, 0) is 12.1 Å². The lowest BCUT2D eigenvalue weighted by molar-refractivity contribution is -0.144. The number of amides is 1. The van der Waals surface area contributed by atoms with E-state index in [0.717, 1.165) is 7.11 Å². The van der Waals surface area contributed by atoms with Crippen molar-refractivity contribution in [2.24, 2.45) is 5.73 Å². The molecule has 12 heteroatoms. The summed E-state index contributed by atoms with van der Waals surface area (Å²) in [6.45, 7) is -0.951. The van der Waals surface area contributed by atoms with Crippen molar-refractivity contribution >= 4 is 53.5 Å². The largest absolute Gasteiger partial charge is 0.468 e. The number of halogens is 3. The average Bonchev–Trinajstić information content (AvgIpc) is 2.64. The van der Waals surface area contributed by atoms with Gasteiger partial charge < -0.3 is 30.7 Å². The fourth-order valence-electron chi connectivity index (χ4n) is 1.49. The van der Waals surface area contributed by atoms with Crippen LogP contribution in [0.4, 0.5) is 0 Å². The van der Waals surface area contributed by atoms with Gasteiger partial charge in [-0.3, -0.25) is 9.59 Å². The summed E-state index contributed by atoms with van der Waals surface area (Å²) in [5, 5.41) is 19.8. The number of carbonyl (C=O) groups excluding carboxylic acids is 3. The summed E-state index contributed by atoms with van der Waals surface area (Å²) in [7, 11) is 2.37. The van der Waals surface area contributed by atoms with Gasteiger partial charge in [-0.1, -0.05) is 29.3 Å². The molecule has 0 radical (unpaired) electrons. The van der Waals surface area contributed by atoms with E-state index in [1.807, 2.05) is 0 Å². The van der Waals surface area contributed by atoms with Crippen molar-refractivity contribution in [2.75, 3.05) is 27.4 Å². The first kappa shape index (κ1) is 27.6. The summed E-state index contributed by atoms with van der Waals surface area (Å²) in [5.74, 6) is -2.00. The number of nitrogens with two attached hydrogens (primary N) is 1. The Bertz CT molecular complexity index is 611. The molecule has 154 valence electrons. The number of benzene rings is 1. The second-order valence-corrected chi connectivity index (χ2v) is 5.46. The van der Waals surface area contributed by atoms with E-state index in [9.17, 15) is 14.4 Å². The highest BCUT2D eigenvalue weighted by atomic mass is 35.5. The first-order valence-electron chi connectivity index (χ1n) is 7.11. The van der Waals surface area contributed by atoms with Gasteiger partial charge in [0.05, 0.1) is 43.0 Å². The summed E-state index contributed by atoms with van der Waals surface area (Å²) >= 11 is 11.7. The molecule has 1 aromatic rings. The van der Waals surface area contributed by atoms with Crippen LogP contribution in [0.3, 0.4) is 0 Å². The molecule has 1 rings (SSSR count). The second-order valence-electron chi connectivity index (χ2n) is 4.64. The van der Waals surface area contributed by atoms with Crippen LogP contribution < -0.4 is 11.1 Å². The molecule has 1 amide bonds. The number of ether oxygens (including phenoxy) is 2. The lowest BCUT2D eigenvalue weighted by Gasteiger charge is -2.14. The molecule has 0 heterocycles. The number of aliphatic hydroxyl groups excluding tert-OH is 2. The Morgan fingerprint density at radius 2 is 1.56 bits per heavy atom. The standard InChI is InChI=1S/C11H11Cl2NO4.C4H9NO3.ClH/c1-18-11(17)8(5-15)14-10(16)9-6(12)3-2-4-7(9)13;1-8-4(7)3(5)2-6;/h2-4,8,15H,5H2,1H3,(H,14,16);3,6H,2,5H2,1H3;1H/t8-;3-;/m00./s1. The molecule has 5 N–H and O–H groups in total. The van der Waals surface area contributed by atoms with Crippen molar-refractivity contribution in [3.05, 3.63) is 33.8 Å². The molecular weight excluding hydrogens is 427 g/mol. The van der Waals surface area contributed by atoms with Crippen LogP contribution in [-0.4, -0.2) is 67.6 Å². The van der Waals surface area contributed by atoms with Gasteiger partial charge in [-0.15, -0.1) is 12.4 Å². The molecule has 0 saturated carbocycles. The van der Waals surface area contributed by atoms with Gasteiger partial charge in [0.15, 0.2) is 6.04 Å². The van der Waals surface area contributed by atoms with Crippen LogP contribution in [0.1, 0.15) is 10.4 Å². The van der Waals surface area contributed by atoms with Crippen LogP contribution >= 0.6 is 35.6 Å². The zero-order valence-electron chi connectivity index (χ0n) is 14.5. The molecule has 0 spiro atoms. The van der Waals surface area contributed by atoms with E-state index >= 15 is 0 Å². The van der Waals surface area contributed by atoms with E-state index in [2.05, 4.69) is 14.8 Å². The van der Waals surface area contributed by atoms with Crippen LogP contribution in [0.2, 0.25) is 10.0 Å². The van der Waals surface area contributed by atoms with Crippen LogP contribution in [0, 0.1) is 0 Å². The maximum absolute atomic E-state index is 11.9. The molecule has 0 unspecified atom stereocenters. The number of esters is 2. The molecule has 9 nitrogen and oxygen atoms in total. The maximum Gasteiger partial charge on any atom is 0.330 e. The Hall–Kier alpha value is -1.62. The van der Waals surface area contributed by atoms with E-state index in [0.29, 0.717) is 0 Å². The molecule has 0 aliphatic rings. The quantitative estimate of drug-likeness (QED) is 0.451. The molecule has 0 bridgehead atoms. The Morgan fingerprint density at radius 1 is 1.07 bits per heavy atom. The summed E-state index contributed by atoms with van der Waals surface area (Å²) < 4.78 is 8.60. The number of hydrogen-bond donors (Lipinski definition) is 4. The predicted octanol–water partition coefficient (Wildman–Crippen LogP) is 0.158. The molecule has 0 aliphatic carbocycles. The highest BCUT2D eigenvalue weighted by Gasteiger charge is 2.23. The van der Waals surface area contributed by atoms with Crippen molar-refractivity contribution in [2.45, 2.75) is 12.1 Å². The minimum absolute atomic E-state index is 0. The fourth-order valence-corrected chi connectivity index (χ4v) is 2.06. The van der Waals surface area contributed by atoms with Gasteiger partial charge in [-0.2, -0.15) is 0 Å². The molecule has 2 atom stereocenters. The first-order chi connectivity index (χ1) is 12.2. The van der Waals surface area contributed by atoms with E-state index in [1.54, 1.807) is 6.07 Å². The summed E-state index contributed by atoms with van der Waals surface area (Å²) in [6, 6.07) is 2.53. The van der Waals surface area contributed by atoms with Crippen molar-refractivity contribution in [3.63, 3.8) is 0 Å². The molecular formula is C15H21Cl3N2O7. The summed E-state index contributed by atoms with van der Waals surface area (Å²) in [4.78, 5) is 33.3. The average molecular weight is 448 g/mol. The third-order valence-corrected chi connectivity index (χ3v) is 3.49. The third-order valence-electron chi connectivity index (χ3n) is 2.86. The van der Waals surface area contributed by atoms with Crippen molar-refractivity contribution in [1.29, 1.82) is 0 Å². The summed E-state index contributed by atoms with van der Waals surface area (Å²) in [5.41, 5.74) is 5.05. The van der Waals surface area contributed by atoms with Gasteiger partial charge in [0.25, 0.3) is 5.91 Å². The fraction of sp³-hybridized carbons (Fsp3) is 0.400. The molecule has 0 aromatic heterocycles. The Morgan fingerprint density at radius 3 is 1.89 bits per heavy atom. The number of nitrogens with one attached hydrogen (secondary N) is 1. The van der Waals surface area contributed by atoms with E-state index in [4.69, 9.17) is 39.1 Å². The highest BCUT2D eigenvalue weighted by Crippen LogP contribution is 2.24. The van der Waals surface area contributed by atoms with Gasteiger partial charge >= 0.3 is 11.9 Å². The van der Waals surface area contributed by atoms with E-state index < -0.39 is 36.5 Å². The van der Waals surface area contributed by atoms with Crippen LogP contribution in [-0.2, 0) is 19.1 Å². The topological polar surface area (TPSA) is 148 Å². The Kier molecular flexibility index (Phi) is 14.8. The number of methoxy groups -OCH3 is 2. The molecule has 1 aromatic carbocycles. The summed E-state index contributed by atoms with van der Waals surface area (Å²) in [6.07, 6.45) is 0. The van der Waals surface area contributed by atoms with Crippen molar-refractivity contribution < 1.29 is 34.1 Å². The van der Waals surface area contributed by atoms with Gasteiger partial charge in [-0.25, -0.2) is 4.79 Å². The van der Waals surface area contributed by atoms with Crippen molar-refractivity contribution in [1.82, 2.24) is 5.32 Å². The SMILES string of the molecule is COC(=O)[C@@H](N)CO.COC(=O)[C@H](CO)NC(=O)c1c(Cl)cccc1Cl.Cl. The normalized spacial score (nSPS) is 11.7. The van der Waals surface area contributed by atoms with Gasteiger partial charge in [0, 0.05) is 0 Å².